The summed E-state index contributed by atoms with van der Waals surface area (Å²) < 4.78 is 0. The molecule has 2 aliphatic heterocycles. The minimum absolute atomic E-state index is 0.0852. The van der Waals surface area contributed by atoms with Gasteiger partial charge in [-0.2, -0.15) is 0 Å². The predicted octanol–water partition coefficient (Wildman–Crippen LogP) is 1.58. The minimum Gasteiger partial charge on any atom is -0.481 e. The summed E-state index contributed by atoms with van der Waals surface area (Å²) >= 11 is 0. The normalized spacial score (nSPS) is 41.2. The Balaban J connectivity index is 1.39. The number of nitrogens with zero attached hydrogens (tertiary/aromatic N) is 2. The number of amides is 2. The molecule has 4 aliphatic rings. The zero-order valence-electron chi connectivity index (χ0n) is 17.1. The summed E-state index contributed by atoms with van der Waals surface area (Å²) in [5.74, 6) is -2.67. The average molecular weight is 406 g/mol. The molecule has 0 radical (unpaired) electrons. The van der Waals surface area contributed by atoms with Gasteiger partial charge in [0.1, 0.15) is 11.1 Å². The molecule has 8 nitrogen and oxygen atoms in total. The number of carboxylic acids is 2. The number of carboxylic acid groups (broad SMARTS) is 2. The topological polar surface area (TPSA) is 115 Å². The van der Waals surface area contributed by atoms with E-state index in [9.17, 15) is 29.4 Å². The summed E-state index contributed by atoms with van der Waals surface area (Å²) in [5.41, 5.74) is -1.74. The van der Waals surface area contributed by atoms with E-state index in [2.05, 4.69) is 13.8 Å². The lowest BCUT2D eigenvalue weighted by Gasteiger charge is -2.32. The first-order chi connectivity index (χ1) is 13.7. The van der Waals surface area contributed by atoms with E-state index in [1.54, 1.807) is 9.80 Å². The van der Waals surface area contributed by atoms with Crippen LogP contribution < -0.4 is 0 Å². The highest BCUT2D eigenvalue weighted by atomic mass is 16.4. The molecule has 2 saturated heterocycles. The smallest absolute Gasteiger partial charge is 0.309 e. The molecule has 6 unspecified atom stereocenters. The lowest BCUT2D eigenvalue weighted by Crippen LogP contribution is -2.41. The molecule has 0 aromatic carbocycles. The van der Waals surface area contributed by atoms with Crippen LogP contribution in [0, 0.1) is 23.7 Å². The SMILES string of the molecule is CC1CCC(C(=O)O)C2(C1)C(=O)N2CCCN1C(=O)C12CC(C)CCC2C(=O)O. The molecule has 8 heteroatoms. The summed E-state index contributed by atoms with van der Waals surface area (Å²) in [7, 11) is 0. The number of hydrogen-bond acceptors (Lipinski definition) is 4. The van der Waals surface area contributed by atoms with Crippen molar-refractivity contribution in [1.82, 2.24) is 9.80 Å². The Kier molecular flexibility index (Phi) is 4.66. The second-order valence-corrected chi connectivity index (χ2v) is 9.67. The molecule has 2 heterocycles. The van der Waals surface area contributed by atoms with Crippen LogP contribution in [0.1, 0.15) is 58.8 Å². The van der Waals surface area contributed by atoms with E-state index in [-0.39, 0.29) is 11.8 Å². The molecule has 2 spiro atoms. The van der Waals surface area contributed by atoms with Gasteiger partial charge in [0.05, 0.1) is 11.8 Å². The van der Waals surface area contributed by atoms with E-state index in [1.807, 2.05) is 0 Å². The van der Waals surface area contributed by atoms with Crippen molar-refractivity contribution in [2.45, 2.75) is 69.9 Å². The maximum atomic E-state index is 12.6. The van der Waals surface area contributed by atoms with Gasteiger partial charge in [-0.15, -0.1) is 0 Å². The lowest BCUT2D eigenvalue weighted by atomic mass is 9.73. The van der Waals surface area contributed by atoms with Crippen LogP contribution in [0.2, 0.25) is 0 Å². The monoisotopic (exact) mass is 406 g/mol. The Morgan fingerprint density at radius 3 is 1.55 bits per heavy atom. The second-order valence-electron chi connectivity index (χ2n) is 9.67. The molecule has 4 fully saturated rings. The molecular formula is C21H30N2O6. The minimum atomic E-state index is -0.909. The maximum Gasteiger partial charge on any atom is 0.309 e. The zero-order valence-corrected chi connectivity index (χ0v) is 17.1. The molecule has 2 N–H and O–H groups in total. The standard InChI is InChI=1S/C21H30N2O6/c1-12-4-6-14(16(24)25)20(10-12)18(28)22(20)8-3-9-23-19(29)21(23)11-13(2)5-7-15(21)17(26)27/h12-15H,3-11H2,1-2H3,(H,24,25)(H,26,27). The van der Waals surface area contributed by atoms with Crippen LogP contribution in [0.5, 0.6) is 0 Å². The van der Waals surface area contributed by atoms with Crippen LogP contribution in [-0.2, 0) is 19.2 Å². The highest BCUT2D eigenvalue weighted by Crippen LogP contribution is 2.53. The molecule has 6 atom stereocenters. The Morgan fingerprint density at radius 2 is 1.21 bits per heavy atom. The maximum absolute atomic E-state index is 12.6. The fraction of sp³-hybridized carbons (Fsp3) is 0.810. The van der Waals surface area contributed by atoms with Gasteiger partial charge >= 0.3 is 11.9 Å². The summed E-state index contributed by atoms with van der Waals surface area (Å²) in [6, 6.07) is 0. The van der Waals surface area contributed by atoms with E-state index in [0.29, 0.717) is 57.0 Å². The quantitative estimate of drug-likeness (QED) is 0.647. The summed E-state index contributed by atoms with van der Waals surface area (Å²) in [4.78, 5) is 51.9. The molecule has 160 valence electrons. The van der Waals surface area contributed by atoms with Crippen molar-refractivity contribution in [2.75, 3.05) is 13.1 Å². The molecule has 2 amide bonds. The third-order valence-electron chi connectivity index (χ3n) is 7.82. The first kappa shape index (κ1) is 20.2. The fourth-order valence-electron chi connectivity index (χ4n) is 6.29. The van der Waals surface area contributed by atoms with Crippen LogP contribution in [0.15, 0.2) is 0 Å². The molecule has 2 aliphatic carbocycles. The zero-order chi connectivity index (χ0) is 21.1. The van der Waals surface area contributed by atoms with Crippen LogP contribution in [0.25, 0.3) is 0 Å². The van der Waals surface area contributed by atoms with Crippen LogP contribution >= 0.6 is 0 Å². The average Bonchev–Trinajstić information content (AvgIpc) is 3.39. The molecule has 0 bridgehead atoms. The Hall–Kier alpha value is -2.12. The van der Waals surface area contributed by atoms with Crippen molar-refractivity contribution in [3.05, 3.63) is 0 Å². The predicted molar refractivity (Wildman–Crippen MR) is 102 cm³/mol. The molecule has 0 aromatic rings. The second kappa shape index (κ2) is 6.71. The van der Waals surface area contributed by atoms with E-state index in [0.717, 1.165) is 12.8 Å². The van der Waals surface area contributed by atoms with Gasteiger partial charge in [-0.1, -0.05) is 13.8 Å². The number of carbonyl (C=O) groups is 4. The number of aliphatic carboxylic acids is 2. The van der Waals surface area contributed by atoms with Gasteiger partial charge in [-0.3, -0.25) is 19.2 Å². The van der Waals surface area contributed by atoms with Crippen molar-refractivity contribution in [3.8, 4) is 0 Å². The highest BCUT2D eigenvalue weighted by molar-refractivity contribution is 6.06. The third kappa shape index (κ3) is 2.86. The van der Waals surface area contributed by atoms with Gasteiger partial charge in [0.15, 0.2) is 0 Å². The highest BCUT2D eigenvalue weighted by Gasteiger charge is 2.71. The summed E-state index contributed by atoms with van der Waals surface area (Å²) in [5, 5.41) is 19.2. The Bertz CT molecular complexity index is 706. The molecular weight excluding hydrogens is 376 g/mol. The van der Waals surface area contributed by atoms with Gasteiger partial charge in [0.2, 0.25) is 11.8 Å². The van der Waals surface area contributed by atoms with Crippen molar-refractivity contribution >= 4 is 23.8 Å². The van der Waals surface area contributed by atoms with Crippen LogP contribution in [-0.4, -0.2) is 67.9 Å². The molecule has 0 aromatic heterocycles. The van der Waals surface area contributed by atoms with Crippen molar-refractivity contribution in [3.63, 3.8) is 0 Å². The van der Waals surface area contributed by atoms with Gasteiger partial charge in [0.25, 0.3) is 0 Å². The third-order valence-corrected chi connectivity index (χ3v) is 7.82. The van der Waals surface area contributed by atoms with Crippen LogP contribution in [0.4, 0.5) is 0 Å². The van der Waals surface area contributed by atoms with E-state index >= 15 is 0 Å². The lowest BCUT2D eigenvalue weighted by molar-refractivity contribution is -0.146. The Labute approximate surface area is 170 Å². The van der Waals surface area contributed by atoms with Crippen LogP contribution in [0.3, 0.4) is 0 Å². The molecule has 2 saturated carbocycles. The largest absolute Gasteiger partial charge is 0.481 e. The van der Waals surface area contributed by atoms with E-state index < -0.39 is 34.9 Å². The van der Waals surface area contributed by atoms with Gasteiger partial charge in [0, 0.05) is 13.1 Å². The number of rotatable bonds is 6. The van der Waals surface area contributed by atoms with Gasteiger partial charge < -0.3 is 20.0 Å². The first-order valence-corrected chi connectivity index (χ1v) is 10.8. The van der Waals surface area contributed by atoms with E-state index in [1.165, 1.54) is 0 Å². The van der Waals surface area contributed by atoms with Crippen molar-refractivity contribution in [2.24, 2.45) is 23.7 Å². The molecule has 29 heavy (non-hydrogen) atoms. The molecule has 4 rings (SSSR count). The number of hydrogen-bond donors (Lipinski definition) is 2. The van der Waals surface area contributed by atoms with E-state index in [4.69, 9.17) is 0 Å². The number of carbonyl (C=O) groups excluding carboxylic acids is 2. The first-order valence-electron chi connectivity index (χ1n) is 10.8. The van der Waals surface area contributed by atoms with Gasteiger partial charge in [-0.25, -0.2) is 0 Å². The Morgan fingerprint density at radius 1 is 0.828 bits per heavy atom. The fourth-order valence-corrected chi connectivity index (χ4v) is 6.29. The summed E-state index contributed by atoms with van der Waals surface area (Å²) in [6.45, 7) is 4.95. The summed E-state index contributed by atoms with van der Waals surface area (Å²) in [6.07, 6.45) is 4.37. The van der Waals surface area contributed by atoms with Gasteiger partial charge in [-0.05, 0) is 56.8 Å². The van der Waals surface area contributed by atoms with Crippen molar-refractivity contribution < 1.29 is 29.4 Å². The van der Waals surface area contributed by atoms with Crippen molar-refractivity contribution in [1.29, 1.82) is 0 Å².